The van der Waals surface area contributed by atoms with Crippen molar-refractivity contribution in [2.45, 2.75) is 57.2 Å². The van der Waals surface area contributed by atoms with Crippen LogP contribution in [0.3, 0.4) is 0 Å². The van der Waals surface area contributed by atoms with E-state index in [-0.39, 0.29) is 11.5 Å². The smallest absolute Gasteiger partial charge is 0.412 e. The summed E-state index contributed by atoms with van der Waals surface area (Å²) >= 11 is 0. The number of hydrogen-bond donors (Lipinski definition) is 1. The topological polar surface area (TPSA) is 46.5 Å². The Labute approximate surface area is 122 Å². The molecular formula is C13H16F6O3. The number of esters is 1. The first-order valence-electron chi connectivity index (χ1n) is 6.66. The molecule has 0 heterocycles. The lowest BCUT2D eigenvalue weighted by atomic mass is 9.88. The van der Waals surface area contributed by atoms with Gasteiger partial charge >= 0.3 is 24.1 Å². The number of rotatable bonds is 3. The second-order valence-electron chi connectivity index (χ2n) is 5.28. The molecule has 1 aliphatic carbocycles. The molecule has 0 radical (unpaired) electrons. The van der Waals surface area contributed by atoms with Crippen molar-refractivity contribution < 1.29 is 41.0 Å². The highest BCUT2D eigenvalue weighted by Gasteiger charge is 2.74. The van der Waals surface area contributed by atoms with Gasteiger partial charge in [-0.1, -0.05) is 25.3 Å². The maximum Gasteiger partial charge on any atom is 0.465 e. The predicted octanol–water partition coefficient (Wildman–Crippen LogP) is 3.87. The molecule has 9 heteroatoms. The molecule has 1 N–H and O–H groups in total. The molecule has 3 nitrogen and oxygen atoms in total. The van der Waals surface area contributed by atoms with Crippen LogP contribution < -0.4 is 0 Å². The minimum Gasteiger partial charge on any atom is -0.412 e. The van der Waals surface area contributed by atoms with Crippen LogP contribution >= 0.6 is 0 Å². The first-order chi connectivity index (χ1) is 9.88. The van der Waals surface area contributed by atoms with E-state index >= 15 is 0 Å². The monoisotopic (exact) mass is 334 g/mol. The highest BCUT2D eigenvalue weighted by molar-refractivity contribution is 5.88. The van der Waals surface area contributed by atoms with E-state index in [1.807, 2.05) is 0 Å². The van der Waals surface area contributed by atoms with E-state index < -0.39 is 24.1 Å². The number of ether oxygens (including phenoxy) is 1. The number of hydrogen-bond acceptors (Lipinski definition) is 3. The Balaban J connectivity index is 2.89. The van der Waals surface area contributed by atoms with Crippen LogP contribution in [0.1, 0.15) is 39.0 Å². The number of allylic oxidation sites excluding steroid dienone is 1. The Morgan fingerprint density at radius 2 is 1.50 bits per heavy atom. The summed E-state index contributed by atoms with van der Waals surface area (Å²) < 4.78 is 77.9. The van der Waals surface area contributed by atoms with E-state index in [1.54, 1.807) is 0 Å². The minimum absolute atomic E-state index is 0.0915. The fourth-order valence-electron chi connectivity index (χ4n) is 2.21. The molecule has 0 unspecified atom stereocenters. The Morgan fingerprint density at radius 3 is 1.91 bits per heavy atom. The Kier molecular flexibility index (Phi) is 5.53. The molecule has 1 fully saturated rings. The van der Waals surface area contributed by atoms with Crippen molar-refractivity contribution in [3.05, 3.63) is 11.6 Å². The molecule has 0 amide bonds. The largest absolute Gasteiger partial charge is 0.465 e. The third kappa shape index (κ3) is 4.15. The Bertz CT molecular complexity index is 418. The van der Waals surface area contributed by atoms with Crippen LogP contribution in [0.4, 0.5) is 26.3 Å². The zero-order chi connectivity index (χ0) is 17.2. The van der Waals surface area contributed by atoms with Gasteiger partial charge in [0.15, 0.2) is 0 Å². The van der Waals surface area contributed by atoms with Crippen LogP contribution in [0.25, 0.3) is 0 Å². The van der Waals surface area contributed by atoms with Gasteiger partial charge in [-0.25, -0.2) is 4.79 Å². The van der Waals surface area contributed by atoms with Crippen LogP contribution in [0.5, 0.6) is 0 Å². The van der Waals surface area contributed by atoms with Crippen LogP contribution in [-0.4, -0.2) is 29.2 Å². The Morgan fingerprint density at radius 1 is 1.05 bits per heavy atom. The Hall–Kier alpha value is -1.25. The van der Waals surface area contributed by atoms with Gasteiger partial charge < -0.3 is 9.84 Å². The normalized spacial score (nSPS) is 19.2. The molecule has 128 valence electrons. The fraction of sp³-hybridized carbons (Fsp3) is 0.769. The molecular weight excluding hydrogens is 318 g/mol. The fourth-order valence-corrected chi connectivity index (χ4v) is 2.21. The molecule has 0 saturated heterocycles. The zero-order valence-electron chi connectivity index (χ0n) is 11.7. The molecule has 0 atom stereocenters. The van der Waals surface area contributed by atoms with E-state index in [0.29, 0.717) is 12.8 Å². The van der Waals surface area contributed by atoms with E-state index in [2.05, 4.69) is 4.74 Å². The van der Waals surface area contributed by atoms with Crippen molar-refractivity contribution in [1.29, 1.82) is 0 Å². The quantitative estimate of drug-likeness (QED) is 0.369. The highest BCUT2D eigenvalue weighted by Crippen LogP contribution is 2.44. The lowest BCUT2D eigenvalue weighted by Gasteiger charge is -2.31. The molecule has 1 aliphatic rings. The van der Waals surface area contributed by atoms with Crippen LogP contribution in [-0.2, 0) is 9.53 Å². The maximum atomic E-state index is 12.4. The summed E-state index contributed by atoms with van der Waals surface area (Å²) in [4.78, 5) is 11.5. The van der Waals surface area contributed by atoms with Crippen molar-refractivity contribution >= 4 is 5.97 Å². The predicted molar refractivity (Wildman–Crippen MR) is 63.5 cm³/mol. The first kappa shape index (κ1) is 18.8. The van der Waals surface area contributed by atoms with Crippen molar-refractivity contribution in [2.75, 3.05) is 0 Å². The van der Waals surface area contributed by atoms with Crippen molar-refractivity contribution in [3.8, 4) is 0 Å². The van der Waals surface area contributed by atoms with Crippen molar-refractivity contribution in [1.82, 2.24) is 0 Å². The van der Waals surface area contributed by atoms with Gasteiger partial charge in [-0.2, -0.15) is 26.3 Å². The zero-order valence-corrected chi connectivity index (χ0v) is 11.7. The standard InChI is InChI=1S/C13H16F6O3/c1-8(7-9-5-3-2-4-6-9)10(20)22-11(21,12(14,15)16)13(17,18)19/h7,9,21H,2-6H2,1H3. The minimum atomic E-state index is -6.19. The summed E-state index contributed by atoms with van der Waals surface area (Å²) in [6.07, 6.45) is -6.93. The average Bonchev–Trinajstić information content (AvgIpc) is 2.37. The molecule has 0 aromatic carbocycles. The van der Waals surface area contributed by atoms with Crippen LogP contribution in [0.15, 0.2) is 11.6 Å². The van der Waals surface area contributed by atoms with Gasteiger partial charge in [-0.3, -0.25) is 0 Å². The second-order valence-corrected chi connectivity index (χ2v) is 5.28. The first-order valence-corrected chi connectivity index (χ1v) is 6.66. The van der Waals surface area contributed by atoms with E-state index in [9.17, 15) is 31.1 Å². The summed E-state index contributed by atoms with van der Waals surface area (Å²) in [5.74, 6) is -7.45. The molecule has 0 aromatic rings. The van der Waals surface area contributed by atoms with Crippen molar-refractivity contribution in [3.63, 3.8) is 0 Å². The molecule has 1 rings (SSSR count). The number of alkyl halides is 6. The summed E-state index contributed by atoms with van der Waals surface area (Å²) in [7, 11) is 0. The molecule has 22 heavy (non-hydrogen) atoms. The van der Waals surface area contributed by atoms with Gasteiger partial charge in [0.2, 0.25) is 0 Å². The van der Waals surface area contributed by atoms with Crippen molar-refractivity contribution in [2.24, 2.45) is 5.92 Å². The molecule has 0 aliphatic heterocycles. The highest BCUT2D eigenvalue weighted by atomic mass is 19.4. The number of halogens is 6. The van der Waals surface area contributed by atoms with Gasteiger partial charge in [0.1, 0.15) is 0 Å². The third-order valence-electron chi connectivity index (χ3n) is 3.47. The van der Waals surface area contributed by atoms with Crippen LogP contribution in [0, 0.1) is 5.92 Å². The molecule has 1 saturated carbocycles. The van der Waals surface area contributed by atoms with E-state index in [0.717, 1.165) is 26.2 Å². The van der Waals surface area contributed by atoms with Gasteiger partial charge in [0, 0.05) is 5.57 Å². The third-order valence-corrected chi connectivity index (χ3v) is 3.47. The summed E-state index contributed by atoms with van der Waals surface area (Å²) in [6, 6.07) is 0. The van der Waals surface area contributed by atoms with Gasteiger partial charge in [-0.05, 0) is 25.7 Å². The summed E-state index contributed by atoms with van der Waals surface area (Å²) in [5, 5.41) is 8.79. The number of aliphatic hydroxyl groups is 1. The average molecular weight is 334 g/mol. The van der Waals surface area contributed by atoms with E-state index in [1.165, 1.54) is 6.08 Å². The van der Waals surface area contributed by atoms with Gasteiger partial charge in [-0.15, -0.1) is 0 Å². The van der Waals surface area contributed by atoms with Crippen LogP contribution in [0.2, 0.25) is 0 Å². The maximum absolute atomic E-state index is 12.4. The second kappa shape index (κ2) is 6.47. The van der Waals surface area contributed by atoms with E-state index in [4.69, 9.17) is 5.11 Å². The molecule has 0 aromatic heterocycles. The van der Waals surface area contributed by atoms with Gasteiger partial charge in [0.05, 0.1) is 0 Å². The SMILES string of the molecule is CC(=CC1CCCCC1)C(=O)OC(O)(C(F)(F)F)C(F)(F)F. The number of carbonyl (C=O) groups excluding carboxylic acids is 1. The molecule has 0 spiro atoms. The lowest BCUT2D eigenvalue weighted by Crippen LogP contribution is -2.59. The van der Waals surface area contributed by atoms with Gasteiger partial charge in [0.25, 0.3) is 0 Å². The summed E-state index contributed by atoms with van der Waals surface area (Å²) in [6.45, 7) is 1.06. The molecule has 0 bridgehead atoms. The summed E-state index contributed by atoms with van der Waals surface area (Å²) in [5.41, 5.74) is -0.390. The number of carbonyl (C=O) groups is 1. The lowest BCUT2D eigenvalue weighted by molar-refractivity contribution is -0.444.